The standard InChI is InChI=1S/C29H30N4O2/c1-18-11-12-24(19(2)13-18)32-29(35)27(15-22-17-30-25-10-6-5-9-23(22)25)33-28(34)26-14-20-7-3-4-8-21(20)16-31-26/h3-13,17,26-27,30-31H,14-16H2,1-2H3,(H,32,35)(H,33,34)/t26-,27-/m0/s1. The van der Waals surface area contributed by atoms with Crippen LogP contribution in [-0.2, 0) is 29.0 Å². The minimum atomic E-state index is -0.721. The van der Waals surface area contributed by atoms with Crippen molar-refractivity contribution in [2.45, 2.75) is 45.3 Å². The van der Waals surface area contributed by atoms with Crippen LogP contribution < -0.4 is 16.0 Å². The van der Waals surface area contributed by atoms with Gasteiger partial charge >= 0.3 is 0 Å². The van der Waals surface area contributed by atoms with Gasteiger partial charge in [0.1, 0.15) is 6.04 Å². The molecule has 0 unspecified atom stereocenters. The second kappa shape index (κ2) is 9.76. The number of benzene rings is 3. The monoisotopic (exact) mass is 466 g/mol. The summed E-state index contributed by atoms with van der Waals surface area (Å²) in [6.07, 6.45) is 2.90. The highest BCUT2D eigenvalue weighted by atomic mass is 16.2. The zero-order chi connectivity index (χ0) is 24.4. The van der Waals surface area contributed by atoms with Crippen LogP contribution in [-0.4, -0.2) is 28.9 Å². The lowest BCUT2D eigenvalue weighted by molar-refractivity contribution is -0.128. The summed E-state index contributed by atoms with van der Waals surface area (Å²) in [5.74, 6) is -0.396. The predicted molar refractivity (Wildman–Crippen MR) is 139 cm³/mol. The second-order valence-corrected chi connectivity index (χ2v) is 9.34. The van der Waals surface area contributed by atoms with Crippen molar-refractivity contribution < 1.29 is 9.59 Å². The first-order valence-corrected chi connectivity index (χ1v) is 12.0. The van der Waals surface area contributed by atoms with E-state index in [1.165, 1.54) is 11.1 Å². The summed E-state index contributed by atoms with van der Waals surface area (Å²) >= 11 is 0. The van der Waals surface area contributed by atoms with E-state index in [2.05, 4.69) is 33.1 Å². The molecular formula is C29H30N4O2. The lowest BCUT2D eigenvalue weighted by atomic mass is 9.95. The zero-order valence-corrected chi connectivity index (χ0v) is 20.0. The van der Waals surface area contributed by atoms with Crippen LogP contribution in [0, 0.1) is 13.8 Å². The second-order valence-electron chi connectivity index (χ2n) is 9.34. The molecule has 4 N–H and O–H groups in total. The molecule has 0 spiro atoms. The summed E-state index contributed by atoms with van der Waals surface area (Å²) in [5.41, 5.74) is 7.24. The number of hydrogen-bond acceptors (Lipinski definition) is 3. The first-order valence-electron chi connectivity index (χ1n) is 12.0. The van der Waals surface area contributed by atoms with E-state index < -0.39 is 6.04 Å². The molecule has 2 atom stereocenters. The molecule has 35 heavy (non-hydrogen) atoms. The van der Waals surface area contributed by atoms with Gasteiger partial charge in [-0.15, -0.1) is 0 Å². The van der Waals surface area contributed by atoms with Gasteiger partial charge in [-0.05, 0) is 54.7 Å². The quantitative estimate of drug-likeness (QED) is 0.344. The number of amides is 2. The van der Waals surface area contributed by atoms with Crippen molar-refractivity contribution in [1.82, 2.24) is 15.6 Å². The lowest BCUT2D eigenvalue weighted by Gasteiger charge is -2.27. The summed E-state index contributed by atoms with van der Waals surface area (Å²) in [4.78, 5) is 30.1. The third-order valence-corrected chi connectivity index (χ3v) is 6.77. The van der Waals surface area contributed by atoms with Gasteiger partial charge in [0.05, 0.1) is 6.04 Å². The molecule has 1 aliphatic rings. The van der Waals surface area contributed by atoms with Gasteiger partial charge in [-0.1, -0.05) is 60.2 Å². The Morgan fingerprint density at radius 2 is 1.77 bits per heavy atom. The van der Waals surface area contributed by atoms with Crippen LogP contribution in [0.15, 0.2) is 72.9 Å². The van der Waals surface area contributed by atoms with Crippen LogP contribution >= 0.6 is 0 Å². The van der Waals surface area contributed by atoms with Gasteiger partial charge in [-0.2, -0.15) is 0 Å². The molecule has 0 saturated carbocycles. The number of H-pyrrole nitrogens is 1. The van der Waals surface area contributed by atoms with Crippen LogP contribution in [0.25, 0.3) is 10.9 Å². The topological polar surface area (TPSA) is 86.0 Å². The van der Waals surface area contributed by atoms with E-state index in [1.54, 1.807) is 0 Å². The molecule has 1 aromatic heterocycles. The zero-order valence-electron chi connectivity index (χ0n) is 20.0. The van der Waals surface area contributed by atoms with Crippen molar-refractivity contribution in [2.24, 2.45) is 0 Å². The number of carbonyl (C=O) groups excluding carboxylic acids is 2. The molecule has 178 valence electrons. The molecule has 3 aromatic carbocycles. The number of nitrogens with one attached hydrogen (secondary N) is 4. The minimum absolute atomic E-state index is 0.167. The number of rotatable bonds is 6. The Labute approximate surface area is 205 Å². The maximum Gasteiger partial charge on any atom is 0.247 e. The van der Waals surface area contributed by atoms with Crippen LogP contribution in [0.4, 0.5) is 5.69 Å². The van der Waals surface area contributed by atoms with E-state index in [1.807, 2.05) is 74.6 Å². The van der Waals surface area contributed by atoms with Gasteiger partial charge in [0.25, 0.3) is 0 Å². The third kappa shape index (κ3) is 4.98. The Balaban J connectivity index is 1.38. The molecule has 2 heterocycles. The lowest BCUT2D eigenvalue weighted by Crippen LogP contribution is -2.53. The minimum Gasteiger partial charge on any atom is -0.361 e. The fraction of sp³-hybridized carbons (Fsp3) is 0.241. The van der Waals surface area contributed by atoms with Crippen LogP contribution in [0.3, 0.4) is 0 Å². The van der Waals surface area contributed by atoms with E-state index in [0.717, 1.165) is 33.3 Å². The SMILES string of the molecule is Cc1ccc(NC(=O)[C@H](Cc2c[nH]c3ccccc23)NC(=O)[C@@H]2Cc3ccccc3CN2)c(C)c1. The number of para-hydroxylation sites is 1. The molecule has 0 fully saturated rings. The molecule has 0 saturated heterocycles. The van der Waals surface area contributed by atoms with Crippen molar-refractivity contribution in [3.63, 3.8) is 0 Å². The normalized spacial score (nSPS) is 15.9. The fourth-order valence-electron chi connectivity index (χ4n) is 4.82. The van der Waals surface area contributed by atoms with E-state index in [-0.39, 0.29) is 17.9 Å². The Kier molecular flexibility index (Phi) is 6.38. The first-order chi connectivity index (χ1) is 17.0. The van der Waals surface area contributed by atoms with E-state index >= 15 is 0 Å². The molecule has 1 aliphatic heterocycles. The van der Waals surface area contributed by atoms with E-state index in [4.69, 9.17) is 0 Å². The molecule has 0 aliphatic carbocycles. The molecule has 2 amide bonds. The molecule has 0 radical (unpaired) electrons. The highest BCUT2D eigenvalue weighted by molar-refractivity contribution is 5.99. The Hall–Kier alpha value is -3.90. The van der Waals surface area contributed by atoms with Crippen molar-refractivity contribution in [2.75, 3.05) is 5.32 Å². The Morgan fingerprint density at radius 3 is 2.60 bits per heavy atom. The first kappa shape index (κ1) is 22.9. The van der Waals surface area contributed by atoms with Gasteiger partial charge in [0.2, 0.25) is 11.8 Å². The number of aryl methyl sites for hydroxylation is 2. The summed E-state index contributed by atoms with van der Waals surface area (Å²) < 4.78 is 0. The predicted octanol–water partition coefficient (Wildman–Crippen LogP) is 4.17. The fourth-order valence-corrected chi connectivity index (χ4v) is 4.82. The van der Waals surface area contributed by atoms with Gasteiger partial charge in [0, 0.05) is 35.8 Å². The Morgan fingerprint density at radius 1 is 1.00 bits per heavy atom. The smallest absolute Gasteiger partial charge is 0.247 e. The maximum absolute atomic E-state index is 13.5. The van der Waals surface area contributed by atoms with Crippen molar-refractivity contribution in [3.8, 4) is 0 Å². The van der Waals surface area contributed by atoms with Crippen molar-refractivity contribution in [3.05, 3.63) is 101 Å². The number of fused-ring (bicyclic) bond motifs is 2. The summed E-state index contributed by atoms with van der Waals surface area (Å²) in [5, 5.41) is 10.5. The number of anilines is 1. The average Bonchev–Trinajstić information content (AvgIpc) is 3.27. The number of carbonyl (C=O) groups is 2. The maximum atomic E-state index is 13.5. The number of hydrogen-bond donors (Lipinski definition) is 4. The van der Waals surface area contributed by atoms with Crippen LogP contribution in [0.2, 0.25) is 0 Å². The van der Waals surface area contributed by atoms with Gasteiger partial charge in [-0.25, -0.2) is 0 Å². The highest BCUT2D eigenvalue weighted by Gasteiger charge is 2.29. The molecule has 6 nitrogen and oxygen atoms in total. The number of aromatic nitrogens is 1. The Bertz CT molecular complexity index is 1390. The van der Waals surface area contributed by atoms with Gasteiger partial charge in [0.15, 0.2) is 0 Å². The summed E-state index contributed by atoms with van der Waals surface area (Å²) in [7, 11) is 0. The third-order valence-electron chi connectivity index (χ3n) is 6.77. The molecule has 5 rings (SSSR count). The molecule has 4 aromatic rings. The molecule has 6 heteroatoms. The summed E-state index contributed by atoms with van der Waals surface area (Å²) in [6.45, 7) is 4.63. The van der Waals surface area contributed by atoms with Crippen molar-refractivity contribution >= 4 is 28.4 Å². The number of aromatic amines is 1. The van der Waals surface area contributed by atoms with Crippen LogP contribution in [0.5, 0.6) is 0 Å². The van der Waals surface area contributed by atoms with E-state index in [9.17, 15) is 9.59 Å². The van der Waals surface area contributed by atoms with Gasteiger partial charge < -0.3 is 20.9 Å². The highest BCUT2D eigenvalue weighted by Crippen LogP contribution is 2.22. The van der Waals surface area contributed by atoms with Crippen molar-refractivity contribution in [1.29, 1.82) is 0 Å². The average molecular weight is 467 g/mol. The largest absolute Gasteiger partial charge is 0.361 e. The molecule has 0 bridgehead atoms. The van der Waals surface area contributed by atoms with Crippen LogP contribution in [0.1, 0.15) is 27.8 Å². The molecular weight excluding hydrogens is 436 g/mol. The van der Waals surface area contributed by atoms with E-state index in [0.29, 0.717) is 19.4 Å². The summed E-state index contributed by atoms with van der Waals surface area (Å²) in [6, 6.07) is 20.9. The van der Waals surface area contributed by atoms with Gasteiger partial charge in [-0.3, -0.25) is 9.59 Å².